The molecule has 0 aliphatic carbocycles. The number of aliphatic hydroxyl groups excluding tert-OH is 1. The summed E-state index contributed by atoms with van der Waals surface area (Å²) in [6.45, 7) is 1.54. The van der Waals surface area contributed by atoms with Crippen LogP contribution in [0, 0.1) is 0 Å². The van der Waals surface area contributed by atoms with E-state index in [0.29, 0.717) is 11.4 Å². The van der Waals surface area contributed by atoms with Gasteiger partial charge in [0.2, 0.25) is 0 Å². The van der Waals surface area contributed by atoms with E-state index in [2.05, 4.69) is 5.32 Å². The zero-order valence-electron chi connectivity index (χ0n) is 9.14. The maximum atomic E-state index is 11.3. The van der Waals surface area contributed by atoms with Crippen molar-refractivity contribution in [3.63, 3.8) is 0 Å². The number of benzene rings is 1. The molecule has 0 unspecified atom stereocenters. The Morgan fingerprint density at radius 2 is 2.12 bits per heavy atom. The van der Waals surface area contributed by atoms with Gasteiger partial charge in [0.1, 0.15) is 5.75 Å². The van der Waals surface area contributed by atoms with Crippen LogP contribution in [0.5, 0.6) is 5.75 Å². The van der Waals surface area contributed by atoms with Crippen LogP contribution < -0.4 is 15.8 Å². The minimum atomic E-state index is -0.265. The number of amides is 1. The molecule has 16 heavy (non-hydrogen) atoms. The molecule has 1 rings (SSSR count). The van der Waals surface area contributed by atoms with Crippen LogP contribution in [0.4, 0.5) is 5.69 Å². The summed E-state index contributed by atoms with van der Waals surface area (Å²) in [4.78, 5) is 11.3. The Kier molecular flexibility index (Phi) is 4.60. The number of anilines is 1. The summed E-state index contributed by atoms with van der Waals surface area (Å²) in [6.07, 6.45) is 0. The van der Waals surface area contributed by atoms with Crippen LogP contribution in [0.15, 0.2) is 24.3 Å². The van der Waals surface area contributed by atoms with Crippen molar-refractivity contribution >= 4 is 11.6 Å². The van der Waals surface area contributed by atoms with Crippen molar-refractivity contribution in [1.82, 2.24) is 5.32 Å². The van der Waals surface area contributed by atoms with Crippen molar-refractivity contribution in [2.45, 2.75) is 13.0 Å². The van der Waals surface area contributed by atoms with Gasteiger partial charge in [-0.3, -0.25) is 4.79 Å². The molecule has 88 valence electrons. The van der Waals surface area contributed by atoms with Crippen LogP contribution >= 0.6 is 0 Å². The molecule has 0 bridgehead atoms. The summed E-state index contributed by atoms with van der Waals surface area (Å²) in [7, 11) is 0. The number of carbonyl (C=O) groups is 1. The second-order valence-electron chi connectivity index (χ2n) is 3.51. The van der Waals surface area contributed by atoms with Crippen molar-refractivity contribution in [2.75, 3.05) is 18.9 Å². The van der Waals surface area contributed by atoms with Gasteiger partial charge < -0.3 is 20.9 Å². The number of nitrogens with one attached hydrogen (secondary N) is 1. The van der Waals surface area contributed by atoms with Gasteiger partial charge in [-0.1, -0.05) is 0 Å². The van der Waals surface area contributed by atoms with Gasteiger partial charge in [0.05, 0.1) is 6.61 Å². The normalized spacial score (nSPS) is 11.9. The molecule has 0 fully saturated rings. The summed E-state index contributed by atoms with van der Waals surface area (Å²) in [5.74, 6) is 0.319. The average molecular weight is 224 g/mol. The fourth-order valence-electron chi connectivity index (χ4n) is 1.08. The number of hydrogen-bond acceptors (Lipinski definition) is 4. The van der Waals surface area contributed by atoms with E-state index in [1.807, 2.05) is 0 Å². The molecule has 0 aliphatic rings. The Balaban J connectivity index is 2.34. The SMILES string of the molecule is C[C@@H](CO)NC(=O)COc1ccc(N)cc1. The topological polar surface area (TPSA) is 84.6 Å². The first kappa shape index (κ1) is 12.3. The predicted molar refractivity (Wildman–Crippen MR) is 61.0 cm³/mol. The Hall–Kier alpha value is -1.75. The number of aliphatic hydroxyl groups is 1. The molecule has 1 aromatic rings. The van der Waals surface area contributed by atoms with Crippen LogP contribution in [0.1, 0.15) is 6.92 Å². The molecular formula is C11H16N2O3. The number of carbonyl (C=O) groups excluding carboxylic acids is 1. The number of hydrogen-bond donors (Lipinski definition) is 3. The molecule has 5 nitrogen and oxygen atoms in total. The van der Waals surface area contributed by atoms with Gasteiger partial charge in [0, 0.05) is 11.7 Å². The summed E-state index contributed by atoms with van der Waals surface area (Å²) < 4.78 is 5.22. The molecule has 5 heteroatoms. The summed E-state index contributed by atoms with van der Waals surface area (Å²) in [5.41, 5.74) is 6.15. The molecule has 0 aliphatic heterocycles. The molecular weight excluding hydrogens is 208 g/mol. The van der Waals surface area contributed by atoms with Crippen LogP contribution in [0.25, 0.3) is 0 Å². The van der Waals surface area contributed by atoms with Gasteiger partial charge in [-0.15, -0.1) is 0 Å². The third kappa shape index (κ3) is 4.18. The largest absolute Gasteiger partial charge is 0.484 e. The molecule has 1 atom stereocenters. The van der Waals surface area contributed by atoms with E-state index in [-0.39, 0.29) is 25.2 Å². The van der Waals surface area contributed by atoms with E-state index in [1.165, 1.54) is 0 Å². The van der Waals surface area contributed by atoms with Crippen LogP contribution in [-0.2, 0) is 4.79 Å². The van der Waals surface area contributed by atoms with E-state index in [1.54, 1.807) is 31.2 Å². The first-order chi connectivity index (χ1) is 7.61. The van der Waals surface area contributed by atoms with E-state index < -0.39 is 0 Å². The standard InChI is InChI=1S/C11H16N2O3/c1-8(6-14)13-11(15)7-16-10-4-2-9(12)3-5-10/h2-5,8,14H,6-7,12H2,1H3,(H,13,15)/t8-/m0/s1. The zero-order chi connectivity index (χ0) is 12.0. The van der Waals surface area contributed by atoms with Gasteiger partial charge in [0.25, 0.3) is 5.91 Å². The lowest BCUT2D eigenvalue weighted by atomic mass is 10.3. The minimum absolute atomic E-state index is 0.0751. The molecule has 0 aromatic heterocycles. The number of nitrogens with two attached hydrogens (primary N) is 1. The van der Waals surface area contributed by atoms with Gasteiger partial charge in [-0.2, -0.15) is 0 Å². The first-order valence-electron chi connectivity index (χ1n) is 5.00. The Morgan fingerprint density at radius 1 is 1.50 bits per heavy atom. The summed E-state index contributed by atoms with van der Waals surface area (Å²) in [6, 6.07) is 6.52. The van der Waals surface area contributed by atoms with Crippen LogP contribution in [0.3, 0.4) is 0 Å². The molecule has 0 heterocycles. The van der Waals surface area contributed by atoms with E-state index in [4.69, 9.17) is 15.6 Å². The van der Waals surface area contributed by atoms with Crippen molar-refractivity contribution in [1.29, 1.82) is 0 Å². The Bertz CT molecular complexity index is 338. The highest BCUT2D eigenvalue weighted by atomic mass is 16.5. The van der Waals surface area contributed by atoms with E-state index >= 15 is 0 Å². The van der Waals surface area contributed by atoms with Crippen molar-refractivity contribution in [3.8, 4) is 5.75 Å². The molecule has 0 radical (unpaired) electrons. The number of nitrogen functional groups attached to an aromatic ring is 1. The van der Waals surface area contributed by atoms with Crippen molar-refractivity contribution in [2.24, 2.45) is 0 Å². The zero-order valence-corrected chi connectivity index (χ0v) is 9.14. The minimum Gasteiger partial charge on any atom is -0.484 e. The van der Waals surface area contributed by atoms with Gasteiger partial charge in [-0.05, 0) is 31.2 Å². The number of rotatable bonds is 5. The highest BCUT2D eigenvalue weighted by Crippen LogP contribution is 2.12. The highest BCUT2D eigenvalue weighted by Gasteiger charge is 2.06. The Morgan fingerprint density at radius 3 is 2.69 bits per heavy atom. The quantitative estimate of drug-likeness (QED) is 0.621. The fraction of sp³-hybridized carbons (Fsp3) is 0.364. The maximum absolute atomic E-state index is 11.3. The van der Waals surface area contributed by atoms with E-state index in [9.17, 15) is 4.79 Å². The predicted octanol–water partition coefficient (Wildman–Crippen LogP) is 0.145. The van der Waals surface area contributed by atoms with Crippen LogP contribution in [-0.4, -0.2) is 30.3 Å². The molecule has 0 saturated carbocycles. The first-order valence-corrected chi connectivity index (χ1v) is 5.00. The third-order valence-electron chi connectivity index (χ3n) is 1.93. The number of ether oxygens (including phenoxy) is 1. The van der Waals surface area contributed by atoms with Crippen molar-refractivity contribution in [3.05, 3.63) is 24.3 Å². The second-order valence-corrected chi connectivity index (χ2v) is 3.51. The maximum Gasteiger partial charge on any atom is 0.258 e. The molecule has 0 saturated heterocycles. The lowest BCUT2D eigenvalue weighted by Crippen LogP contribution is -2.38. The molecule has 1 amide bonds. The highest BCUT2D eigenvalue weighted by molar-refractivity contribution is 5.77. The molecule has 1 aromatic carbocycles. The smallest absolute Gasteiger partial charge is 0.258 e. The second kappa shape index (κ2) is 5.97. The fourth-order valence-corrected chi connectivity index (χ4v) is 1.08. The lowest BCUT2D eigenvalue weighted by molar-refractivity contribution is -0.123. The van der Waals surface area contributed by atoms with E-state index in [0.717, 1.165) is 0 Å². The lowest BCUT2D eigenvalue weighted by Gasteiger charge is -2.11. The summed E-state index contributed by atoms with van der Waals surface area (Å²) in [5, 5.41) is 11.3. The van der Waals surface area contributed by atoms with Gasteiger partial charge in [-0.25, -0.2) is 0 Å². The average Bonchev–Trinajstić information content (AvgIpc) is 2.28. The van der Waals surface area contributed by atoms with Gasteiger partial charge >= 0.3 is 0 Å². The molecule has 0 spiro atoms. The monoisotopic (exact) mass is 224 g/mol. The Labute approximate surface area is 94.2 Å². The summed E-state index contributed by atoms with van der Waals surface area (Å²) >= 11 is 0. The van der Waals surface area contributed by atoms with Crippen LogP contribution in [0.2, 0.25) is 0 Å². The van der Waals surface area contributed by atoms with Crippen molar-refractivity contribution < 1.29 is 14.6 Å². The third-order valence-corrected chi connectivity index (χ3v) is 1.93. The van der Waals surface area contributed by atoms with Gasteiger partial charge in [0.15, 0.2) is 6.61 Å². The molecule has 4 N–H and O–H groups in total.